The summed E-state index contributed by atoms with van der Waals surface area (Å²) in [5.41, 5.74) is 1.78. The molecule has 184 valence electrons. The number of aromatic nitrogens is 1. The molecule has 6 nitrogen and oxygen atoms in total. The van der Waals surface area contributed by atoms with Crippen LogP contribution in [0.5, 0.6) is 0 Å². The fraction of sp³-hybridized carbons (Fsp3) is 0.679. The highest BCUT2D eigenvalue weighted by Gasteiger charge is 2.60. The van der Waals surface area contributed by atoms with Crippen molar-refractivity contribution in [2.75, 3.05) is 7.05 Å². The normalized spacial score (nSPS) is 38.8. The fourth-order valence-corrected chi connectivity index (χ4v) is 8.44. The van der Waals surface area contributed by atoms with E-state index in [4.69, 9.17) is 0 Å². The number of aliphatic hydroxyl groups is 1. The van der Waals surface area contributed by atoms with Crippen LogP contribution in [0, 0.1) is 34.5 Å². The summed E-state index contributed by atoms with van der Waals surface area (Å²) in [6, 6.07) is 3.97. The maximum atomic E-state index is 12.9. The molecule has 0 saturated heterocycles. The molecule has 1 aromatic heterocycles. The molecule has 1 aliphatic heterocycles. The predicted molar refractivity (Wildman–Crippen MR) is 130 cm³/mol. The maximum absolute atomic E-state index is 12.9. The first-order valence-corrected chi connectivity index (χ1v) is 13.0. The molecular weight excluding hydrogens is 426 g/mol. The molecule has 2 heterocycles. The van der Waals surface area contributed by atoms with Crippen molar-refractivity contribution in [2.45, 2.75) is 78.0 Å². The van der Waals surface area contributed by atoms with Crippen LogP contribution in [0.1, 0.15) is 70.1 Å². The largest absolute Gasteiger partial charge is 0.392 e. The number of nitrogens with zero attached hydrogens (tertiary/aromatic N) is 2. The third-order valence-corrected chi connectivity index (χ3v) is 10.4. The van der Waals surface area contributed by atoms with E-state index in [1.165, 1.54) is 25.7 Å². The van der Waals surface area contributed by atoms with Crippen molar-refractivity contribution in [1.29, 1.82) is 0 Å². The molecule has 0 aromatic carbocycles. The minimum Gasteiger partial charge on any atom is -0.392 e. The van der Waals surface area contributed by atoms with Gasteiger partial charge in [-0.3, -0.25) is 14.6 Å². The van der Waals surface area contributed by atoms with Crippen LogP contribution in [0.25, 0.3) is 0 Å². The van der Waals surface area contributed by atoms with E-state index >= 15 is 0 Å². The number of nitrogens with one attached hydrogen (secondary N) is 1. The summed E-state index contributed by atoms with van der Waals surface area (Å²) < 4.78 is 0. The van der Waals surface area contributed by atoms with Gasteiger partial charge in [0.2, 0.25) is 11.8 Å². The lowest BCUT2D eigenvalue weighted by atomic mass is 9.47. The first kappa shape index (κ1) is 23.5. The van der Waals surface area contributed by atoms with Crippen molar-refractivity contribution in [3.05, 3.63) is 41.7 Å². The Morgan fingerprint density at radius 3 is 2.82 bits per heavy atom. The molecule has 3 fully saturated rings. The highest BCUT2D eigenvalue weighted by molar-refractivity contribution is 5.89. The smallest absolute Gasteiger partial charge is 0.246 e. The maximum Gasteiger partial charge on any atom is 0.246 e. The summed E-state index contributed by atoms with van der Waals surface area (Å²) >= 11 is 0. The van der Waals surface area contributed by atoms with E-state index < -0.39 is 0 Å². The van der Waals surface area contributed by atoms with Crippen molar-refractivity contribution in [1.82, 2.24) is 15.2 Å². The topological polar surface area (TPSA) is 82.5 Å². The second kappa shape index (κ2) is 8.78. The first-order valence-electron chi connectivity index (χ1n) is 13.0. The molecule has 6 heteroatoms. The van der Waals surface area contributed by atoms with Gasteiger partial charge in [0.1, 0.15) is 0 Å². The Hall–Kier alpha value is -2.21. The Kier molecular flexibility index (Phi) is 6.07. The lowest BCUT2D eigenvalue weighted by molar-refractivity contribution is -0.139. The zero-order valence-electron chi connectivity index (χ0n) is 20.8. The van der Waals surface area contributed by atoms with E-state index in [9.17, 15) is 14.7 Å². The highest BCUT2D eigenvalue weighted by atomic mass is 16.3. The van der Waals surface area contributed by atoms with E-state index in [0.29, 0.717) is 42.7 Å². The van der Waals surface area contributed by atoms with Crippen LogP contribution < -0.4 is 5.32 Å². The van der Waals surface area contributed by atoms with Crippen LogP contribution in [0.3, 0.4) is 0 Å². The van der Waals surface area contributed by atoms with Gasteiger partial charge in [0.25, 0.3) is 0 Å². The standard InChI is InChI=1S/C28H39N3O3/c1-27-12-10-22-20(7-9-24-28(22,2)13-11-26(34)31(24)3)21(27)8-6-19(27)15-25(33)30-16-23-18(17-32)5-4-14-29-23/h4-5,11,13-14,19-22,24,32H,6-10,12,15-17H2,1-3H3,(H,30,33)/t19-,20+,21+,22+,24-,27-,28-/m1/s1. The van der Waals surface area contributed by atoms with E-state index in [0.717, 1.165) is 24.1 Å². The third kappa shape index (κ3) is 3.69. The van der Waals surface area contributed by atoms with Crippen LogP contribution >= 0.6 is 0 Å². The van der Waals surface area contributed by atoms with Crippen molar-refractivity contribution >= 4 is 11.8 Å². The third-order valence-electron chi connectivity index (χ3n) is 10.4. The van der Waals surface area contributed by atoms with E-state index in [1.54, 1.807) is 18.3 Å². The SMILES string of the molecule is CN1C(=O)C=C[C@]2(C)[C@H]3CC[C@]4(C)[C@@H](CC(=O)NCc5ncccc5CO)CC[C@H]4[C@@H]3CC[C@@H]12. The number of hydrogen-bond donors (Lipinski definition) is 2. The second-order valence-electron chi connectivity index (χ2n) is 11.7. The van der Waals surface area contributed by atoms with E-state index in [1.807, 2.05) is 18.0 Å². The summed E-state index contributed by atoms with van der Waals surface area (Å²) in [4.78, 5) is 31.5. The van der Waals surface area contributed by atoms with Crippen LogP contribution in [0.4, 0.5) is 0 Å². The van der Waals surface area contributed by atoms with Crippen molar-refractivity contribution < 1.29 is 14.7 Å². The lowest BCUT2D eigenvalue weighted by Gasteiger charge is -2.60. The second-order valence-corrected chi connectivity index (χ2v) is 11.7. The minimum absolute atomic E-state index is 0.0649. The van der Waals surface area contributed by atoms with Gasteiger partial charge in [-0.05, 0) is 79.8 Å². The number of rotatable bonds is 5. The van der Waals surface area contributed by atoms with Gasteiger partial charge in [-0.25, -0.2) is 0 Å². The average Bonchev–Trinajstić information content (AvgIpc) is 3.16. The van der Waals surface area contributed by atoms with Gasteiger partial charge in [0.15, 0.2) is 0 Å². The zero-order valence-corrected chi connectivity index (χ0v) is 20.8. The molecule has 3 aliphatic carbocycles. The Morgan fingerprint density at radius 2 is 2.03 bits per heavy atom. The van der Waals surface area contributed by atoms with Gasteiger partial charge < -0.3 is 15.3 Å². The Balaban J connectivity index is 1.26. The van der Waals surface area contributed by atoms with Crippen LogP contribution in [-0.4, -0.2) is 39.9 Å². The van der Waals surface area contributed by atoms with Crippen LogP contribution in [-0.2, 0) is 22.7 Å². The molecule has 2 amide bonds. The number of hydrogen-bond acceptors (Lipinski definition) is 4. The average molecular weight is 466 g/mol. The summed E-state index contributed by atoms with van der Waals surface area (Å²) in [5, 5.41) is 12.6. The number of fused-ring (bicyclic) bond motifs is 5. The molecule has 3 saturated carbocycles. The van der Waals surface area contributed by atoms with Gasteiger partial charge in [0, 0.05) is 36.7 Å². The van der Waals surface area contributed by atoms with Gasteiger partial charge in [-0.15, -0.1) is 0 Å². The van der Waals surface area contributed by atoms with Gasteiger partial charge in [-0.2, -0.15) is 0 Å². The molecule has 7 atom stereocenters. The van der Waals surface area contributed by atoms with Crippen molar-refractivity contribution in [2.24, 2.45) is 34.5 Å². The number of carbonyl (C=O) groups is 2. The molecule has 0 bridgehead atoms. The molecule has 0 spiro atoms. The summed E-state index contributed by atoms with van der Waals surface area (Å²) in [7, 11) is 1.97. The highest BCUT2D eigenvalue weighted by Crippen LogP contribution is 2.65. The van der Waals surface area contributed by atoms with Crippen molar-refractivity contribution in [3.63, 3.8) is 0 Å². The Morgan fingerprint density at radius 1 is 1.21 bits per heavy atom. The molecule has 5 rings (SSSR count). The zero-order chi connectivity index (χ0) is 24.1. The summed E-state index contributed by atoms with van der Waals surface area (Å²) in [6.45, 7) is 5.13. The molecule has 2 N–H and O–H groups in total. The van der Waals surface area contributed by atoms with Crippen LogP contribution in [0.15, 0.2) is 30.5 Å². The monoisotopic (exact) mass is 465 g/mol. The number of aliphatic hydroxyl groups excluding tert-OH is 1. The fourth-order valence-electron chi connectivity index (χ4n) is 8.44. The lowest BCUT2D eigenvalue weighted by Crippen LogP contribution is -2.59. The van der Waals surface area contributed by atoms with Crippen LogP contribution in [0.2, 0.25) is 0 Å². The predicted octanol–water partition coefficient (Wildman–Crippen LogP) is 3.84. The Bertz CT molecular complexity index is 993. The number of pyridine rings is 1. The first-order chi connectivity index (χ1) is 16.3. The molecule has 34 heavy (non-hydrogen) atoms. The molecule has 0 radical (unpaired) electrons. The Labute approximate surface area is 203 Å². The van der Waals surface area contributed by atoms with E-state index in [-0.39, 0.29) is 29.3 Å². The van der Waals surface area contributed by atoms with Crippen molar-refractivity contribution in [3.8, 4) is 0 Å². The molecular formula is C28H39N3O3. The quantitative estimate of drug-likeness (QED) is 0.692. The molecule has 0 unspecified atom stereocenters. The number of likely N-dealkylation sites (N-methyl/N-ethyl adjacent to an activating group) is 1. The number of carbonyl (C=O) groups excluding carboxylic acids is 2. The number of amides is 2. The summed E-state index contributed by atoms with van der Waals surface area (Å²) in [6.07, 6.45) is 13.3. The molecule has 1 aromatic rings. The molecule has 4 aliphatic rings. The van der Waals surface area contributed by atoms with Gasteiger partial charge in [-0.1, -0.05) is 26.0 Å². The van der Waals surface area contributed by atoms with E-state index in [2.05, 4.69) is 30.2 Å². The van der Waals surface area contributed by atoms with Gasteiger partial charge in [0.05, 0.1) is 18.8 Å². The van der Waals surface area contributed by atoms with Gasteiger partial charge >= 0.3 is 0 Å². The summed E-state index contributed by atoms with van der Waals surface area (Å²) in [5.74, 6) is 2.61. The minimum atomic E-state index is -0.0666.